The molecule has 0 amide bonds. The summed E-state index contributed by atoms with van der Waals surface area (Å²) in [6.07, 6.45) is 0.242. The van der Waals surface area contributed by atoms with Gasteiger partial charge in [0.15, 0.2) is 11.6 Å². The third-order valence-corrected chi connectivity index (χ3v) is 2.13. The lowest BCUT2D eigenvalue weighted by Crippen LogP contribution is -2.14. The van der Waals surface area contributed by atoms with Crippen molar-refractivity contribution < 1.29 is 13.9 Å². The van der Waals surface area contributed by atoms with Crippen molar-refractivity contribution in [2.45, 2.75) is 13.3 Å². The van der Waals surface area contributed by atoms with Gasteiger partial charge in [-0.3, -0.25) is 0 Å². The van der Waals surface area contributed by atoms with Crippen LogP contribution in [0.4, 0.5) is 8.78 Å². The molecule has 78 valence electrons. The van der Waals surface area contributed by atoms with Crippen molar-refractivity contribution in [1.82, 2.24) is 0 Å². The Hall–Kier alpha value is -1.16. The van der Waals surface area contributed by atoms with E-state index in [4.69, 9.17) is 5.73 Å². The maximum Gasteiger partial charge on any atom is 0.165 e. The van der Waals surface area contributed by atoms with Crippen molar-refractivity contribution >= 4 is 0 Å². The number of halogens is 2. The summed E-state index contributed by atoms with van der Waals surface area (Å²) in [5, 5.41) is 9.31. The Bertz CT molecular complexity index is 328. The minimum atomic E-state index is -0.981. The van der Waals surface area contributed by atoms with Crippen molar-refractivity contribution in [3.8, 4) is 5.75 Å². The molecule has 0 aliphatic heterocycles. The van der Waals surface area contributed by atoms with Crippen LogP contribution in [0.25, 0.3) is 0 Å². The highest BCUT2D eigenvalue weighted by Crippen LogP contribution is 2.24. The van der Waals surface area contributed by atoms with Crippen molar-refractivity contribution in [3.63, 3.8) is 0 Å². The molecule has 0 heterocycles. The van der Waals surface area contributed by atoms with E-state index in [1.807, 2.05) is 6.92 Å². The topological polar surface area (TPSA) is 46.2 Å². The number of hydrogen-bond acceptors (Lipinski definition) is 2. The van der Waals surface area contributed by atoms with Crippen molar-refractivity contribution in [2.24, 2.45) is 11.7 Å². The molecule has 3 N–H and O–H groups in total. The zero-order valence-corrected chi connectivity index (χ0v) is 7.93. The molecular formula is C10H13F2NO. The van der Waals surface area contributed by atoms with E-state index in [0.29, 0.717) is 6.54 Å². The molecule has 4 heteroatoms. The van der Waals surface area contributed by atoms with E-state index in [0.717, 1.165) is 12.1 Å². The van der Waals surface area contributed by atoms with E-state index in [9.17, 15) is 13.9 Å². The van der Waals surface area contributed by atoms with Gasteiger partial charge in [-0.2, -0.15) is 0 Å². The minimum Gasteiger partial charge on any atom is -0.508 e. The summed E-state index contributed by atoms with van der Waals surface area (Å²) in [7, 11) is 0. The number of phenolic OH excluding ortho intramolecular Hbond substituents is 1. The zero-order valence-electron chi connectivity index (χ0n) is 7.93. The lowest BCUT2D eigenvalue weighted by atomic mass is 10.00. The predicted molar refractivity (Wildman–Crippen MR) is 49.9 cm³/mol. The maximum atomic E-state index is 13.2. The molecule has 1 unspecified atom stereocenters. The molecule has 0 fully saturated rings. The molecule has 0 aliphatic rings. The summed E-state index contributed by atoms with van der Waals surface area (Å²) < 4.78 is 26.0. The first-order valence-electron chi connectivity index (χ1n) is 4.42. The van der Waals surface area contributed by atoms with Gasteiger partial charge in [0.1, 0.15) is 5.75 Å². The normalized spacial score (nSPS) is 12.9. The van der Waals surface area contributed by atoms with Crippen molar-refractivity contribution in [1.29, 1.82) is 0 Å². The second kappa shape index (κ2) is 4.37. The summed E-state index contributed by atoms with van der Waals surface area (Å²) in [4.78, 5) is 0. The molecule has 1 aromatic carbocycles. The molecule has 1 rings (SSSR count). The van der Waals surface area contributed by atoms with Gasteiger partial charge in [-0.05, 0) is 31.0 Å². The fourth-order valence-corrected chi connectivity index (χ4v) is 1.21. The predicted octanol–water partition coefficient (Wildman–Crippen LogP) is 1.81. The van der Waals surface area contributed by atoms with Gasteiger partial charge in [-0.25, -0.2) is 8.78 Å². The van der Waals surface area contributed by atoms with E-state index in [-0.39, 0.29) is 23.7 Å². The second-order valence-electron chi connectivity index (χ2n) is 3.40. The number of benzene rings is 1. The molecule has 0 bridgehead atoms. The maximum absolute atomic E-state index is 13.2. The molecule has 1 aromatic rings. The minimum absolute atomic E-state index is 0.00273. The van der Waals surface area contributed by atoms with Crippen molar-refractivity contribution in [2.75, 3.05) is 6.54 Å². The molecular weight excluding hydrogens is 188 g/mol. The Morgan fingerprint density at radius 2 is 2.07 bits per heavy atom. The Balaban J connectivity index is 3.00. The van der Waals surface area contributed by atoms with Crippen LogP contribution in [0.15, 0.2) is 12.1 Å². The summed E-state index contributed by atoms with van der Waals surface area (Å²) >= 11 is 0. The van der Waals surface area contributed by atoms with Crippen LogP contribution in [0, 0.1) is 17.6 Å². The number of aromatic hydroxyl groups is 1. The fourth-order valence-electron chi connectivity index (χ4n) is 1.21. The molecule has 0 saturated carbocycles. The third kappa shape index (κ3) is 2.20. The highest BCUT2D eigenvalue weighted by molar-refractivity contribution is 5.34. The summed E-state index contributed by atoms with van der Waals surface area (Å²) in [6, 6.07) is 2.05. The van der Waals surface area contributed by atoms with Gasteiger partial charge in [0, 0.05) is 5.56 Å². The van der Waals surface area contributed by atoms with Crippen LogP contribution in [0.2, 0.25) is 0 Å². The first-order chi connectivity index (χ1) is 6.56. The van der Waals surface area contributed by atoms with Crippen LogP contribution in [0.3, 0.4) is 0 Å². The van der Waals surface area contributed by atoms with Gasteiger partial charge in [-0.15, -0.1) is 0 Å². The van der Waals surface area contributed by atoms with Crippen LogP contribution in [0.5, 0.6) is 5.75 Å². The SMILES string of the molecule is CC(CN)Cc1c(O)ccc(F)c1F. The van der Waals surface area contributed by atoms with E-state index in [1.165, 1.54) is 0 Å². The monoisotopic (exact) mass is 201 g/mol. The highest BCUT2D eigenvalue weighted by Gasteiger charge is 2.14. The van der Waals surface area contributed by atoms with Crippen molar-refractivity contribution in [3.05, 3.63) is 29.3 Å². The third-order valence-electron chi connectivity index (χ3n) is 2.13. The van der Waals surface area contributed by atoms with Crippen LogP contribution in [0.1, 0.15) is 12.5 Å². The second-order valence-corrected chi connectivity index (χ2v) is 3.40. The van der Waals surface area contributed by atoms with Gasteiger partial charge >= 0.3 is 0 Å². The molecule has 14 heavy (non-hydrogen) atoms. The average Bonchev–Trinajstić information content (AvgIpc) is 2.18. The Morgan fingerprint density at radius 1 is 1.43 bits per heavy atom. The smallest absolute Gasteiger partial charge is 0.165 e. The molecule has 0 aromatic heterocycles. The molecule has 0 aliphatic carbocycles. The molecule has 0 spiro atoms. The number of rotatable bonds is 3. The molecule has 0 radical (unpaired) electrons. The summed E-state index contributed by atoms with van der Waals surface area (Å²) in [6.45, 7) is 2.18. The van der Waals surface area contributed by atoms with Crippen LogP contribution >= 0.6 is 0 Å². The molecule has 1 atom stereocenters. The molecule has 2 nitrogen and oxygen atoms in total. The quantitative estimate of drug-likeness (QED) is 0.783. The lowest BCUT2D eigenvalue weighted by Gasteiger charge is -2.11. The standard InChI is InChI=1S/C10H13F2NO/c1-6(5-13)4-7-9(14)3-2-8(11)10(7)12/h2-3,6,14H,4-5,13H2,1H3. The highest BCUT2D eigenvalue weighted by atomic mass is 19.2. The van der Waals surface area contributed by atoms with Gasteiger partial charge in [0.05, 0.1) is 0 Å². The van der Waals surface area contributed by atoms with E-state index in [1.54, 1.807) is 0 Å². The Morgan fingerprint density at radius 3 is 2.64 bits per heavy atom. The summed E-state index contributed by atoms with van der Waals surface area (Å²) in [5.74, 6) is -2.13. The number of phenols is 1. The largest absolute Gasteiger partial charge is 0.508 e. The van der Waals surface area contributed by atoms with Crippen LogP contribution in [-0.4, -0.2) is 11.7 Å². The first kappa shape index (κ1) is 10.9. The Labute approximate surface area is 81.4 Å². The fraction of sp³-hybridized carbons (Fsp3) is 0.400. The molecule has 0 saturated heterocycles. The average molecular weight is 201 g/mol. The van der Waals surface area contributed by atoms with Gasteiger partial charge < -0.3 is 10.8 Å². The number of hydrogen-bond donors (Lipinski definition) is 2. The van der Waals surface area contributed by atoms with Crippen LogP contribution < -0.4 is 5.73 Å². The van der Waals surface area contributed by atoms with Gasteiger partial charge in [-0.1, -0.05) is 6.92 Å². The van der Waals surface area contributed by atoms with Crippen LogP contribution in [-0.2, 0) is 6.42 Å². The van der Waals surface area contributed by atoms with Gasteiger partial charge in [0.2, 0.25) is 0 Å². The Kier molecular flexibility index (Phi) is 3.41. The number of nitrogens with two attached hydrogens (primary N) is 1. The lowest BCUT2D eigenvalue weighted by molar-refractivity contribution is 0.430. The van der Waals surface area contributed by atoms with E-state index in [2.05, 4.69) is 0 Å². The van der Waals surface area contributed by atoms with E-state index < -0.39 is 11.6 Å². The summed E-state index contributed by atoms with van der Waals surface area (Å²) in [5.41, 5.74) is 5.36. The van der Waals surface area contributed by atoms with Gasteiger partial charge in [0.25, 0.3) is 0 Å². The zero-order chi connectivity index (χ0) is 10.7. The van der Waals surface area contributed by atoms with E-state index >= 15 is 0 Å². The first-order valence-corrected chi connectivity index (χ1v) is 4.42.